The maximum Gasteiger partial charge on any atom is 0.226 e. The summed E-state index contributed by atoms with van der Waals surface area (Å²) < 4.78 is 10.5. The van der Waals surface area contributed by atoms with Crippen LogP contribution in [0.4, 0.5) is 5.82 Å². The Labute approximate surface area is 164 Å². The minimum Gasteiger partial charge on any atom is -0.481 e. The van der Waals surface area contributed by atoms with Gasteiger partial charge in [-0.3, -0.25) is 0 Å². The zero-order valence-corrected chi connectivity index (χ0v) is 16.1. The number of methoxy groups -OCH3 is 1. The minimum atomic E-state index is 0.554. The molecule has 3 aromatic heterocycles. The summed E-state index contributed by atoms with van der Waals surface area (Å²) in [6.45, 7) is 0.882. The summed E-state index contributed by atoms with van der Waals surface area (Å²) in [6, 6.07) is 7.92. The van der Waals surface area contributed by atoms with Gasteiger partial charge in [-0.25, -0.2) is 9.97 Å². The molecule has 0 unspecified atom stereocenters. The molecule has 1 N–H and O–H groups in total. The first-order chi connectivity index (χ1) is 13.8. The number of rotatable bonds is 10. The van der Waals surface area contributed by atoms with Gasteiger partial charge in [0.15, 0.2) is 5.82 Å². The number of aromatic nitrogens is 4. The smallest absolute Gasteiger partial charge is 0.226 e. The Morgan fingerprint density at radius 3 is 2.71 bits per heavy atom. The molecule has 0 amide bonds. The van der Waals surface area contributed by atoms with E-state index in [9.17, 15) is 0 Å². The number of nitrogens with zero attached hydrogens (tertiary/aromatic N) is 4. The van der Waals surface area contributed by atoms with Gasteiger partial charge in [-0.2, -0.15) is 4.98 Å². The lowest BCUT2D eigenvalue weighted by Crippen LogP contribution is -2.03. The highest BCUT2D eigenvalue weighted by molar-refractivity contribution is 5.66. The number of hydrogen-bond donors (Lipinski definition) is 1. The van der Waals surface area contributed by atoms with E-state index in [4.69, 9.17) is 9.26 Å². The summed E-state index contributed by atoms with van der Waals surface area (Å²) >= 11 is 0. The van der Waals surface area contributed by atoms with Crippen LogP contribution in [0.1, 0.15) is 49.7 Å². The Balaban J connectivity index is 1.20. The molecule has 1 saturated carbocycles. The largest absolute Gasteiger partial charge is 0.481 e. The van der Waals surface area contributed by atoms with E-state index in [0.717, 1.165) is 60.9 Å². The highest BCUT2D eigenvalue weighted by Crippen LogP contribution is 2.38. The number of anilines is 1. The van der Waals surface area contributed by atoms with Crippen LogP contribution in [0.3, 0.4) is 0 Å². The molecule has 7 heteroatoms. The van der Waals surface area contributed by atoms with Crippen molar-refractivity contribution < 1.29 is 9.26 Å². The molecule has 0 saturated heterocycles. The van der Waals surface area contributed by atoms with E-state index in [1.165, 1.54) is 12.8 Å². The topological polar surface area (TPSA) is 86.0 Å². The normalized spacial score (nSPS) is 13.5. The Bertz CT molecular complexity index is 907. The van der Waals surface area contributed by atoms with Crippen molar-refractivity contribution in [2.45, 2.75) is 44.4 Å². The molecule has 0 bridgehead atoms. The predicted molar refractivity (Wildman–Crippen MR) is 106 cm³/mol. The standard InChI is InChI=1S/C21H25N5O2/c1-27-20-14-17(9-12-24-20)16-8-11-23-18(13-16)22-10-4-2-3-5-19-25-21(26-28-19)15-6-7-15/h8-9,11-15H,2-7,10H2,1H3,(H,22,23). The van der Waals surface area contributed by atoms with Crippen LogP contribution in [-0.2, 0) is 6.42 Å². The maximum absolute atomic E-state index is 5.31. The Morgan fingerprint density at radius 1 is 1.07 bits per heavy atom. The van der Waals surface area contributed by atoms with Crippen LogP contribution in [0.5, 0.6) is 5.88 Å². The molecule has 146 valence electrons. The fourth-order valence-corrected chi connectivity index (χ4v) is 3.08. The predicted octanol–water partition coefficient (Wildman–Crippen LogP) is 4.24. The highest BCUT2D eigenvalue weighted by Gasteiger charge is 2.28. The zero-order valence-electron chi connectivity index (χ0n) is 16.1. The Hall–Kier alpha value is -2.96. The van der Waals surface area contributed by atoms with Gasteiger partial charge in [0.05, 0.1) is 7.11 Å². The van der Waals surface area contributed by atoms with Crippen LogP contribution < -0.4 is 10.1 Å². The second-order valence-electron chi connectivity index (χ2n) is 7.07. The van der Waals surface area contributed by atoms with E-state index in [1.54, 1.807) is 13.3 Å². The molecule has 3 heterocycles. The second-order valence-corrected chi connectivity index (χ2v) is 7.07. The Morgan fingerprint density at radius 2 is 1.89 bits per heavy atom. The molecular weight excluding hydrogens is 354 g/mol. The summed E-state index contributed by atoms with van der Waals surface area (Å²) in [6.07, 6.45) is 10.1. The molecule has 1 aliphatic rings. The van der Waals surface area contributed by atoms with Gasteiger partial charge in [-0.1, -0.05) is 11.6 Å². The fourth-order valence-electron chi connectivity index (χ4n) is 3.08. The van der Waals surface area contributed by atoms with Crippen molar-refractivity contribution in [3.05, 3.63) is 48.4 Å². The molecule has 0 aromatic carbocycles. The quantitative estimate of drug-likeness (QED) is 0.527. The van der Waals surface area contributed by atoms with E-state index in [2.05, 4.69) is 25.4 Å². The van der Waals surface area contributed by atoms with Crippen molar-refractivity contribution in [3.8, 4) is 17.0 Å². The molecule has 1 aliphatic carbocycles. The lowest BCUT2D eigenvalue weighted by atomic mass is 10.1. The van der Waals surface area contributed by atoms with Crippen molar-refractivity contribution in [1.82, 2.24) is 20.1 Å². The molecule has 3 aromatic rings. The number of ether oxygens (including phenoxy) is 1. The number of aryl methyl sites for hydroxylation is 1. The third-order valence-corrected chi connectivity index (χ3v) is 4.84. The molecule has 4 rings (SSSR count). The van der Waals surface area contributed by atoms with Gasteiger partial charge in [0, 0.05) is 37.3 Å². The van der Waals surface area contributed by atoms with Gasteiger partial charge in [-0.15, -0.1) is 0 Å². The number of nitrogens with one attached hydrogen (secondary N) is 1. The number of unbranched alkanes of at least 4 members (excludes halogenated alkanes) is 2. The van der Waals surface area contributed by atoms with Gasteiger partial charge >= 0.3 is 0 Å². The molecule has 0 atom stereocenters. The molecule has 1 fully saturated rings. The monoisotopic (exact) mass is 379 g/mol. The number of pyridine rings is 2. The van der Waals surface area contributed by atoms with E-state index in [-0.39, 0.29) is 0 Å². The second kappa shape index (κ2) is 8.82. The lowest BCUT2D eigenvalue weighted by Gasteiger charge is -2.08. The minimum absolute atomic E-state index is 0.554. The van der Waals surface area contributed by atoms with E-state index in [0.29, 0.717) is 11.8 Å². The molecule has 28 heavy (non-hydrogen) atoms. The average molecular weight is 379 g/mol. The van der Waals surface area contributed by atoms with E-state index >= 15 is 0 Å². The van der Waals surface area contributed by atoms with Gasteiger partial charge in [0.1, 0.15) is 5.82 Å². The van der Waals surface area contributed by atoms with Crippen LogP contribution in [0.25, 0.3) is 11.1 Å². The third kappa shape index (κ3) is 4.85. The van der Waals surface area contributed by atoms with Crippen LogP contribution >= 0.6 is 0 Å². The molecule has 0 spiro atoms. The Kier molecular flexibility index (Phi) is 5.80. The van der Waals surface area contributed by atoms with Crippen LogP contribution in [0.2, 0.25) is 0 Å². The molecular formula is C21H25N5O2. The van der Waals surface area contributed by atoms with Gasteiger partial charge < -0.3 is 14.6 Å². The summed E-state index contributed by atoms with van der Waals surface area (Å²) in [5, 5.41) is 7.46. The van der Waals surface area contributed by atoms with Crippen LogP contribution in [0.15, 0.2) is 41.2 Å². The van der Waals surface area contributed by atoms with Crippen molar-refractivity contribution in [2.24, 2.45) is 0 Å². The van der Waals surface area contributed by atoms with Gasteiger partial charge in [-0.05, 0) is 55.0 Å². The molecule has 7 nitrogen and oxygen atoms in total. The SMILES string of the molecule is COc1cc(-c2ccnc(NCCCCCc3nc(C4CC4)no3)c2)ccn1. The highest BCUT2D eigenvalue weighted by atomic mass is 16.5. The van der Waals surface area contributed by atoms with E-state index < -0.39 is 0 Å². The average Bonchev–Trinajstić information content (AvgIpc) is 3.49. The van der Waals surface area contributed by atoms with Crippen molar-refractivity contribution in [2.75, 3.05) is 19.0 Å². The third-order valence-electron chi connectivity index (χ3n) is 4.84. The van der Waals surface area contributed by atoms with Crippen molar-refractivity contribution in [3.63, 3.8) is 0 Å². The summed E-state index contributed by atoms with van der Waals surface area (Å²) in [5.74, 6) is 3.71. The fraction of sp³-hybridized carbons (Fsp3) is 0.429. The molecule has 0 aliphatic heterocycles. The summed E-state index contributed by atoms with van der Waals surface area (Å²) in [7, 11) is 1.62. The summed E-state index contributed by atoms with van der Waals surface area (Å²) in [4.78, 5) is 13.0. The van der Waals surface area contributed by atoms with Gasteiger partial charge in [0.2, 0.25) is 11.8 Å². The number of hydrogen-bond acceptors (Lipinski definition) is 7. The maximum atomic E-state index is 5.31. The summed E-state index contributed by atoms with van der Waals surface area (Å²) in [5.41, 5.74) is 2.14. The van der Waals surface area contributed by atoms with Crippen LogP contribution in [-0.4, -0.2) is 33.8 Å². The first-order valence-electron chi connectivity index (χ1n) is 9.84. The lowest BCUT2D eigenvalue weighted by molar-refractivity contribution is 0.369. The zero-order chi connectivity index (χ0) is 19.2. The van der Waals surface area contributed by atoms with Crippen LogP contribution in [0, 0.1) is 0 Å². The van der Waals surface area contributed by atoms with E-state index in [1.807, 2.05) is 30.5 Å². The molecule has 0 radical (unpaired) electrons. The first-order valence-corrected chi connectivity index (χ1v) is 9.84. The van der Waals surface area contributed by atoms with Crippen molar-refractivity contribution in [1.29, 1.82) is 0 Å². The van der Waals surface area contributed by atoms with Crippen molar-refractivity contribution >= 4 is 5.82 Å². The first kappa shape index (κ1) is 18.4. The van der Waals surface area contributed by atoms with Gasteiger partial charge in [0.25, 0.3) is 0 Å².